The zero-order valence-corrected chi connectivity index (χ0v) is 15.2. The van der Waals surface area contributed by atoms with Crippen LogP contribution in [0.4, 0.5) is 0 Å². The van der Waals surface area contributed by atoms with E-state index in [0.717, 1.165) is 16.5 Å². The van der Waals surface area contributed by atoms with Gasteiger partial charge in [0.15, 0.2) is 0 Å². The van der Waals surface area contributed by atoms with Crippen LogP contribution in [0, 0.1) is 18.3 Å². The molecule has 0 unspecified atom stereocenters. The van der Waals surface area contributed by atoms with Gasteiger partial charge in [-0.05, 0) is 31.5 Å². The van der Waals surface area contributed by atoms with Gasteiger partial charge in [-0.25, -0.2) is 9.78 Å². The van der Waals surface area contributed by atoms with E-state index in [1.54, 1.807) is 13.0 Å². The lowest BCUT2D eigenvalue weighted by Crippen LogP contribution is -2.25. The monoisotopic (exact) mass is 369 g/mol. The van der Waals surface area contributed by atoms with Gasteiger partial charge in [0.25, 0.3) is 0 Å². The lowest BCUT2D eigenvalue weighted by molar-refractivity contribution is -0.136. The maximum atomic E-state index is 12.4. The number of methoxy groups -OCH3 is 1. The predicted molar refractivity (Wildman–Crippen MR) is 96.9 cm³/mol. The largest absolute Gasteiger partial charge is 0.466 e. The first-order valence-electron chi connectivity index (χ1n) is 7.80. The lowest BCUT2D eigenvalue weighted by Gasteiger charge is -2.27. The number of carbonyl (C=O) groups is 1. The molecule has 0 saturated heterocycles. The SMILES string of the molecule is COC(=O)C1=C(C)OC(N)=C(C#N)[C@H]1c1cc2ccc(C)cc2nc1Cl. The van der Waals surface area contributed by atoms with Crippen molar-refractivity contribution in [3.63, 3.8) is 0 Å². The molecule has 1 aromatic heterocycles. The molecular weight excluding hydrogens is 354 g/mol. The van der Waals surface area contributed by atoms with Gasteiger partial charge in [-0.15, -0.1) is 0 Å². The second kappa shape index (κ2) is 6.70. The van der Waals surface area contributed by atoms with Crippen LogP contribution < -0.4 is 5.73 Å². The van der Waals surface area contributed by atoms with Gasteiger partial charge >= 0.3 is 5.97 Å². The number of fused-ring (bicyclic) bond motifs is 1. The number of nitriles is 1. The summed E-state index contributed by atoms with van der Waals surface area (Å²) in [7, 11) is 1.26. The predicted octanol–water partition coefficient (Wildman–Crippen LogP) is 3.45. The minimum atomic E-state index is -0.813. The first-order valence-corrected chi connectivity index (χ1v) is 8.18. The summed E-state index contributed by atoms with van der Waals surface area (Å²) in [4.78, 5) is 16.8. The Labute approximate surface area is 155 Å². The van der Waals surface area contributed by atoms with Crippen LogP contribution in [-0.2, 0) is 14.3 Å². The molecule has 1 aliphatic rings. The van der Waals surface area contributed by atoms with Crippen molar-refractivity contribution in [3.05, 3.63) is 63.3 Å². The molecule has 2 N–H and O–H groups in total. The Kier molecular flexibility index (Phi) is 4.58. The van der Waals surface area contributed by atoms with Crippen LogP contribution in [-0.4, -0.2) is 18.1 Å². The van der Waals surface area contributed by atoms with Crippen molar-refractivity contribution < 1.29 is 14.3 Å². The fourth-order valence-electron chi connectivity index (χ4n) is 3.04. The minimum absolute atomic E-state index is 0.0669. The van der Waals surface area contributed by atoms with E-state index in [-0.39, 0.29) is 27.9 Å². The molecular formula is C19H16ClN3O3. The Hall–Kier alpha value is -3.04. The molecule has 26 heavy (non-hydrogen) atoms. The van der Waals surface area contributed by atoms with Gasteiger partial charge in [0, 0.05) is 10.9 Å². The first-order chi connectivity index (χ1) is 12.4. The number of rotatable bonds is 2. The smallest absolute Gasteiger partial charge is 0.338 e. The Morgan fingerprint density at radius 1 is 1.38 bits per heavy atom. The van der Waals surface area contributed by atoms with Crippen LogP contribution in [0.15, 0.2) is 47.1 Å². The Morgan fingerprint density at radius 3 is 2.77 bits per heavy atom. The third-order valence-electron chi connectivity index (χ3n) is 4.28. The summed E-state index contributed by atoms with van der Waals surface area (Å²) < 4.78 is 10.2. The van der Waals surface area contributed by atoms with Crippen molar-refractivity contribution in [2.24, 2.45) is 5.73 Å². The molecule has 0 amide bonds. The molecule has 3 rings (SSSR count). The summed E-state index contributed by atoms with van der Waals surface area (Å²) in [6.45, 7) is 3.55. The van der Waals surface area contributed by atoms with E-state index >= 15 is 0 Å². The number of benzene rings is 1. The third-order valence-corrected chi connectivity index (χ3v) is 4.58. The standard InChI is InChI=1S/C19H16ClN3O3/c1-9-4-5-11-7-12(17(20)23-14(11)6-9)16-13(8-21)18(22)26-10(2)15(16)19(24)25-3/h4-7,16H,22H2,1-3H3/t16-/m1/s1. The van der Waals surface area contributed by atoms with E-state index in [9.17, 15) is 10.1 Å². The molecule has 0 fully saturated rings. The van der Waals surface area contributed by atoms with E-state index in [1.165, 1.54) is 7.11 Å². The highest BCUT2D eigenvalue weighted by Gasteiger charge is 2.37. The average molecular weight is 370 g/mol. The van der Waals surface area contributed by atoms with Gasteiger partial charge in [-0.2, -0.15) is 5.26 Å². The number of aryl methyl sites for hydroxylation is 1. The van der Waals surface area contributed by atoms with Crippen LogP contribution in [0.2, 0.25) is 5.15 Å². The van der Waals surface area contributed by atoms with Crippen LogP contribution in [0.1, 0.15) is 24.0 Å². The number of pyridine rings is 1. The number of aromatic nitrogens is 1. The van der Waals surface area contributed by atoms with Gasteiger partial charge in [0.1, 0.15) is 22.6 Å². The van der Waals surface area contributed by atoms with Gasteiger partial charge in [-0.1, -0.05) is 23.7 Å². The highest BCUT2D eigenvalue weighted by molar-refractivity contribution is 6.30. The lowest BCUT2D eigenvalue weighted by atomic mass is 9.83. The van der Waals surface area contributed by atoms with Gasteiger partial charge in [-0.3, -0.25) is 0 Å². The fraction of sp³-hybridized carbons (Fsp3) is 0.211. The Bertz CT molecular complexity index is 1030. The third kappa shape index (κ3) is 2.87. The molecule has 0 aliphatic carbocycles. The summed E-state index contributed by atoms with van der Waals surface area (Å²) in [6, 6.07) is 9.59. The summed E-state index contributed by atoms with van der Waals surface area (Å²) in [5, 5.41) is 10.6. The number of carbonyl (C=O) groups excluding carboxylic acids is 1. The first kappa shape index (κ1) is 17.8. The molecule has 0 bridgehead atoms. The molecule has 1 aliphatic heterocycles. The molecule has 7 heteroatoms. The number of allylic oxidation sites excluding steroid dienone is 2. The summed E-state index contributed by atoms with van der Waals surface area (Å²) in [5.41, 5.74) is 8.41. The summed E-state index contributed by atoms with van der Waals surface area (Å²) in [6.07, 6.45) is 0. The molecule has 2 aromatic rings. The molecule has 132 valence electrons. The molecule has 0 saturated carbocycles. The minimum Gasteiger partial charge on any atom is -0.466 e. The number of halogens is 1. The fourth-order valence-corrected chi connectivity index (χ4v) is 3.29. The quantitative estimate of drug-likeness (QED) is 0.643. The van der Waals surface area contributed by atoms with Crippen molar-refractivity contribution in [1.82, 2.24) is 4.98 Å². The van der Waals surface area contributed by atoms with Gasteiger partial charge in [0.05, 0.1) is 24.1 Å². The normalized spacial score (nSPS) is 17.1. The summed E-state index contributed by atoms with van der Waals surface area (Å²) >= 11 is 6.42. The van der Waals surface area contributed by atoms with Gasteiger partial charge < -0.3 is 15.2 Å². The second-order valence-corrected chi connectivity index (χ2v) is 6.31. The number of nitrogens with zero attached hydrogens (tertiary/aromatic N) is 2. The van der Waals surface area contributed by atoms with Crippen molar-refractivity contribution in [1.29, 1.82) is 5.26 Å². The van der Waals surface area contributed by atoms with Crippen LogP contribution in [0.3, 0.4) is 0 Å². The molecule has 6 nitrogen and oxygen atoms in total. The number of hydrogen-bond donors (Lipinski definition) is 1. The molecule has 1 aromatic carbocycles. The van der Waals surface area contributed by atoms with Crippen molar-refractivity contribution in [3.8, 4) is 6.07 Å². The number of ether oxygens (including phenoxy) is 2. The zero-order chi connectivity index (χ0) is 19.0. The van der Waals surface area contributed by atoms with Crippen molar-refractivity contribution >= 4 is 28.5 Å². The molecule has 0 spiro atoms. The maximum absolute atomic E-state index is 12.4. The molecule has 0 radical (unpaired) electrons. The van der Waals surface area contributed by atoms with E-state index in [1.807, 2.05) is 31.2 Å². The van der Waals surface area contributed by atoms with E-state index in [0.29, 0.717) is 5.56 Å². The number of hydrogen-bond acceptors (Lipinski definition) is 6. The van der Waals surface area contributed by atoms with Crippen LogP contribution >= 0.6 is 11.6 Å². The van der Waals surface area contributed by atoms with Crippen molar-refractivity contribution in [2.75, 3.05) is 7.11 Å². The molecule has 1 atom stereocenters. The number of esters is 1. The van der Waals surface area contributed by atoms with E-state index in [2.05, 4.69) is 4.98 Å². The maximum Gasteiger partial charge on any atom is 0.338 e. The summed E-state index contributed by atoms with van der Waals surface area (Å²) in [5.74, 6) is -1.24. The van der Waals surface area contributed by atoms with Gasteiger partial charge in [0.2, 0.25) is 5.88 Å². The van der Waals surface area contributed by atoms with Crippen molar-refractivity contribution in [2.45, 2.75) is 19.8 Å². The Balaban J connectivity index is 2.29. The Morgan fingerprint density at radius 2 is 2.12 bits per heavy atom. The molecule has 2 heterocycles. The topological polar surface area (TPSA) is 98.2 Å². The zero-order valence-electron chi connectivity index (χ0n) is 14.5. The highest BCUT2D eigenvalue weighted by Crippen LogP contribution is 2.42. The van der Waals surface area contributed by atoms with E-state index < -0.39 is 11.9 Å². The number of nitrogens with two attached hydrogens (primary N) is 1. The van der Waals surface area contributed by atoms with Crippen LogP contribution in [0.25, 0.3) is 10.9 Å². The van der Waals surface area contributed by atoms with E-state index in [4.69, 9.17) is 26.8 Å². The highest BCUT2D eigenvalue weighted by atomic mass is 35.5. The second-order valence-electron chi connectivity index (χ2n) is 5.95. The average Bonchev–Trinajstić information content (AvgIpc) is 2.60. The van der Waals surface area contributed by atoms with Crippen LogP contribution in [0.5, 0.6) is 0 Å².